The molecular formula is C23H30FN3O4S2. The van der Waals surface area contributed by atoms with E-state index in [0.717, 1.165) is 25.7 Å². The number of benzene rings is 1. The first-order valence-corrected chi connectivity index (χ1v) is 13.5. The van der Waals surface area contributed by atoms with Gasteiger partial charge in [-0.1, -0.05) is 30.7 Å². The lowest BCUT2D eigenvalue weighted by Crippen LogP contribution is -2.32. The van der Waals surface area contributed by atoms with E-state index in [1.165, 1.54) is 35.4 Å². The zero-order valence-electron chi connectivity index (χ0n) is 19.0. The van der Waals surface area contributed by atoms with Gasteiger partial charge in [0.1, 0.15) is 4.90 Å². The maximum absolute atomic E-state index is 13.9. The number of halogens is 1. The molecule has 1 aromatic carbocycles. The van der Waals surface area contributed by atoms with Gasteiger partial charge >= 0.3 is 0 Å². The van der Waals surface area contributed by atoms with E-state index < -0.39 is 15.8 Å². The van der Waals surface area contributed by atoms with E-state index >= 15 is 0 Å². The van der Waals surface area contributed by atoms with E-state index in [0.29, 0.717) is 30.2 Å². The van der Waals surface area contributed by atoms with E-state index in [4.69, 9.17) is 4.74 Å². The molecule has 1 aromatic heterocycles. The minimum absolute atomic E-state index is 0.109. The number of hydrogen-bond acceptors (Lipinski definition) is 6. The number of sulfonamides is 1. The molecule has 3 rings (SSSR count). The Balaban J connectivity index is 1.58. The normalized spacial score (nSPS) is 15.1. The molecule has 180 valence electrons. The van der Waals surface area contributed by atoms with Crippen LogP contribution in [0.4, 0.5) is 4.39 Å². The highest BCUT2D eigenvalue weighted by Gasteiger charge is 2.25. The molecule has 1 amide bonds. The van der Waals surface area contributed by atoms with Crippen LogP contribution >= 0.6 is 11.8 Å². The Hall–Kier alpha value is -2.17. The number of methoxy groups -OCH3 is 1. The first-order chi connectivity index (χ1) is 15.8. The Bertz CT molecular complexity index is 1040. The zero-order valence-corrected chi connectivity index (χ0v) is 20.6. The van der Waals surface area contributed by atoms with Crippen molar-refractivity contribution in [2.45, 2.75) is 49.1 Å². The molecule has 2 heterocycles. The highest BCUT2D eigenvalue weighted by Crippen LogP contribution is 2.23. The molecule has 0 radical (unpaired) electrons. The van der Waals surface area contributed by atoms with Gasteiger partial charge in [0.05, 0.1) is 17.9 Å². The molecule has 0 saturated carbocycles. The van der Waals surface area contributed by atoms with Gasteiger partial charge in [0.15, 0.2) is 11.6 Å². The number of amides is 1. The van der Waals surface area contributed by atoms with Gasteiger partial charge in [0.25, 0.3) is 0 Å². The maximum Gasteiger partial charge on any atom is 0.244 e. The summed E-state index contributed by atoms with van der Waals surface area (Å²) >= 11 is 1.25. The summed E-state index contributed by atoms with van der Waals surface area (Å²) in [6.07, 6.45) is 5.22. The summed E-state index contributed by atoms with van der Waals surface area (Å²) in [6.45, 7) is 3.71. The summed E-state index contributed by atoms with van der Waals surface area (Å²) in [6, 6.07) is 7.83. The van der Waals surface area contributed by atoms with Crippen molar-refractivity contribution in [1.82, 2.24) is 14.2 Å². The SMILES string of the molecule is CCN(Cc1ccc(OC)c(F)c1)C(=O)CSc1ccc(S(=O)(=O)N2CCCCCC2)cn1. The summed E-state index contributed by atoms with van der Waals surface area (Å²) in [5.41, 5.74) is 0.676. The minimum Gasteiger partial charge on any atom is -0.494 e. The molecule has 2 aromatic rings. The number of rotatable bonds is 9. The van der Waals surface area contributed by atoms with Gasteiger partial charge in [-0.25, -0.2) is 17.8 Å². The van der Waals surface area contributed by atoms with Crippen LogP contribution in [0.2, 0.25) is 0 Å². The first-order valence-electron chi connectivity index (χ1n) is 11.0. The Morgan fingerprint density at radius 3 is 2.48 bits per heavy atom. The smallest absolute Gasteiger partial charge is 0.244 e. The number of aromatic nitrogens is 1. The van der Waals surface area contributed by atoms with E-state index in [1.807, 2.05) is 6.92 Å². The van der Waals surface area contributed by atoms with Crippen molar-refractivity contribution < 1.29 is 22.3 Å². The molecule has 0 atom stereocenters. The second-order valence-corrected chi connectivity index (χ2v) is 10.7. The van der Waals surface area contributed by atoms with Crippen LogP contribution in [0.1, 0.15) is 38.2 Å². The van der Waals surface area contributed by atoms with E-state index in [9.17, 15) is 17.6 Å². The van der Waals surface area contributed by atoms with Gasteiger partial charge in [-0.2, -0.15) is 4.31 Å². The van der Waals surface area contributed by atoms with E-state index in [-0.39, 0.29) is 28.8 Å². The lowest BCUT2D eigenvalue weighted by Gasteiger charge is -2.21. The predicted octanol–water partition coefficient (Wildman–Crippen LogP) is 3.93. The molecule has 1 aliphatic rings. The van der Waals surface area contributed by atoms with Gasteiger partial charge in [-0.05, 0) is 49.6 Å². The lowest BCUT2D eigenvalue weighted by atomic mass is 10.2. The third-order valence-electron chi connectivity index (χ3n) is 5.58. The standard InChI is InChI=1S/C23H30FN3O4S2/c1-3-26(16-18-8-10-21(31-2)20(24)14-18)23(28)17-32-22-11-9-19(15-25-22)33(29,30)27-12-6-4-5-7-13-27/h8-11,14-15H,3-7,12-13,16-17H2,1-2H3. The minimum atomic E-state index is -3.55. The molecule has 0 bridgehead atoms. The summed E-state index contributed by atoms with van der Waals surface area (Å²) in [5.74, 6) is -0.261. The van der Waals surface area contributed by atoms with Gasteiger partial charge in [0, 0.05) is 32.4 Å². The summed E-state index contributed by atoms with van der Waals surface area (Å²) < 4.78 is 46.1. The number of thioether (sulfide) groups is 1. The molecule has 10 heteroatoms. The Morgan fingerprint density at radius 2 is 1.91 bits per heavy atom. The van der Waals surface area contributed by atoms with Gasteiger partial charge in [-0.3, -0.25) is 4.79 Å². The summed E-state index contributed by atoms with van der Waals surface area (Å²) in [5, 5.41) is 0.574. The molecule has 1 fully saturated rings. The third kappa shape index (κ3) is 6.68. The van der Waals surface area contributed by atoms with E-state index in [1.54, 1.807) is 29.2 Å². The van der Waals surface area contributed by atoms with Crippen molar-refractivity contribution in [3.05, 3.63) is 47.9 Å². The van der Waals surface area contributed by atoms with Crippen molar-refractivity contribution in [2.24, 2.45) is 0 Å². The fraction of sp³-hybridized carbons (Fsp3) is 0.478. The molecular weight excluding hydrogens is 465 g/mol. The molecule has 0 spiro atoms. The molecule has 0 aliphatic carbocycles. The first kappa shape index (κ1) is 25.5. The maximum atomic E-state index is 13.9. The number of carbonyl (C=O) groups excluding carboxylic acids is 1. The molecule has 0 N–H and O–H groups in total. The average Bonchev–Trinajstić information content (AvgIpc) is 3.12. The molecule has 0 unspecified atom stereocenters. The monoisotopic (exact) mass is 495 g/mol. The number of pyridine rings is 1. The largest absolute Gasteiger partial charge is 0.494 e. The lowest BCUT2D eigenvalue weighted by molar-refractivity contribution is -0.128. The van der Waals surface area contributed by atoms with Crippen LogP contribution in [0.15, 0.2) is 46.5 Å². The van der Waals surface area contributed by atoms with Crippen LogP contribution in [0.3, 0.4) is 0 Å². The fourth-order valence-corrected chi connectivity index (χ4v) is 5.88. The molecule has 1 saturated heterocycles. The van der Waals surface area contributed by atoms with Crippen molar-refractivity contribution in [1.29, 1.82) is 0 Å². The number of hydrogen-bond donors (Lipinski definition) is 0. The van der Waals surface area contributed by atoms with Gasteiger partial charge in [0.2, 0.25) is 15.9 Å². The zero-order chi connectivity index (χ0) is 23.8. The van der Waals surface area contributed by atoms with Gasteiger partial charge < -0.3 is 9.64 Å². The van der Waals surface area contributed by atoms with E-state index in [2.05, 4.69) is 4.98 Å². The van der Waals surface area contributed by atoms with Crippen molar-refractivity contribution in [3.8, 4) is 5.75 Å². The van der Waals surface area contributed by atoms with Crippen LogP contribution in [-0.2, 0) is 21.4 Å². The average molecular weight is 496 g/mol. The van der Waals surface area contributed by atoms with Crippen molar-refractivity contribution in [2.75, 3.05) is 32.5 Å². The third-order valence-corrected chi connectivity index (χ3v) is 8.39. The van der Waals surface area contributed by atoms with Crippen LogP contribution in [0.25, 0.3) is 0 Å². The predicted molar refractivity (Wildman–Crippen MR) is 126 cm³/mol. The Kier molecular flexibility index (Phi) is 9.10. The Morgan fingerprint density at radius 1 is 1.18 bits per heavy atom. The quantitative estimate of drug-likeness (QED) is 0.491. The summed E-state index contributed by atoms with van der Waals surface area (Å²) in [4.78, 5) is 18.7. The second-order valence-electron chi connectivity index (χ2n) is 7.82. The van der Waals surface area contributed by atoms with Crippen LogP contribution in [0.5, 0.6) is 5.75 Å². The van der Waals surface area contributed by atoms with Gasteiger partial charge in [-0.15, -0.1) is 0 Å². The topological polar surface area (TPSA) is 79.8 Å². The summed E-state index contributed by atoms with van der Waals surface area (Å²) in [7, 11) is -2.14. The van der Waals surface area contributed by atoms with Crippen LogP contribution in [-0.4, -0.2) is 61.0 Å². The number of nitrogens with zero attached hydrogens (tertiary/aromatic N) is 3. The highest BCUT2D eigenvalue weighted by molar-refractivity contribution is 7.99. The molecule has 1 aliphatic heterocycles. The highest BCUT2D eigenvalue weighted by atomic mass is 32.2. The molecule has 33 heavy (non-hydrogen) atoms. The molecule has 7 nitrogen and oxygen atoms in total. The van der Waals surface area contributed by atoms with Crippen molar-refractivity contribution in [3.63, 3.8) is 0 Å². The number of ether oxygens (including phenoxy) is 1. The van der Waals surface area contributed by atoms with Crippen molar-refractivity contribution >= 4 is 27.7 Å². The second kappa shape index (κ2) is 11.8. The van der Waals surface area contributed by atoms with Crippen LogP contribution in [0, 0.1) is 5.82 Å². The Labute approximate surface area is 199 Å². The fourth-order valence-electron chi connectivity index (χ4n) is 3.67. The van der Waals surface area contributed by atoms with Crippen LogP contribution < -0.4 is 4.74 Å². The number of carbonyl (C=O) groups is 1.